The molecule has 1 saturated heterocycles. The van der Waals surface area contributed by atoms with Gasteiger partial charge in [-0.2, -0.15) is 4.39 Å². The van der Waals surface area contributed by atoms with Crippen molar-refractivity contribution in [3.05, 3.63) is 11.6 Å². The molecule has 0 radical (unpaired) electrons. The second-order valence-electron chi connectivity index (χ2n) is 9.07. The zero-order valence-corrected chi connectivity index (χ0v) is 19.4. The largest absolute Gasteiger partial charge is 0.351 e. The molecule has 1 aromatic rings. The van der Waals surface area contributed by atoms with Gasteiger partial charge in [-0.05, 0) is 26.3 Å². The van der Waals surface area contributed by atoms with Crippen LogP contribution in [0.3, 0.4) is 0 Å². The van der Waals surface area contributed by atoms with Gasteiger partial charge >= 0.3 is 0 Å². The molecular formula is C21H32F3N7O3. The van der Waals surface area contributed by atoms with Crippen molar-refractivity contribution in [3.8, 4) is 0 Å². The molecule has 0 aromatic carbocycles. The summed E-state index contributed by atoms with van der Waals surface area (Å²) in [5, 5.41) is 9.97. The minimum atomic E-state index is -3.04. The number of piperazine rings is 1. The zero-order chi connectivity index (χ0) is 24.8. The van der Waals surface area contributed by atoms with Crippen molar-refractivity contribution in [1.29, 1.82) is 0 Å². The first-order valence-corrected chi connectivity index (χ1v) is 11.5. The van der Waals surface area contributed by atoms with E-state index in [0.717, 1.165) is 25.7 Å². The number of hydroxylamine groups is 2. The van der Waals surface area contributed by atoms with E-state index in [4.69, 9.17) is 0 Å². The summed E-state index contributed by atoms with van der Waals surface area (Å²) in [5.74, 6) is -3.76. The van der Waals surface area contributed by atoms with Gasteiger partial charge in [0, 0.05) is 25.7 Å². The highest BCUT2D eigenvalue weighted by Crippen LogP contribution is 2.31. The molecule has 13 heteroatoms. The van der Waals surface area contributed by atoms with E-state index in [0.29, 0.717) is 31.1 Å². The quantitative estimate of drug-likeness (QED) is 0.262. The normalized spacial score (nSPS) is 20.4. The Morgan fingerprint density at radius 3 is 2.62 bits per heavy atom. The van der Waals surface area contributed by atoms with Gasteiger partial charge in [0.2, 0.25) is 18.1 Å². The summed E-state index contributed by atoms with van der Waals surface area (Å²) in [5.41, 5.74) is 4.63. The van der Waals surface area contributed by atoms with Crippen LogP contribution in [0.25, 0.3) is 0 Å². The number of hydrogen-bond acceptors (Lipinski definition) is 8. The van der Waals surface area contributed by atoms with Crippen LogP contribution >= 0.6 is 0 Å². The standard InChI is InChI=1S/C21H32F3N7O3/c1-13-10-30(8-7-29(13)2)20-16(22)18(25-19(26-20)17(23)24)27-28-21(33)15(11-31(34)12-32)9-14-5-3-4-6-14/h12-15,17,34H,3-11H2,1-2H3,(H,28,33)(H,25,26,27). The zero-order valence-electron chi connectivity index (χ0n) is 19.4. The molecule has 0 spiro atoms. The average molecular weight is 488 g/mol. The first kappa shape index (κ1) is 25.9. The van der Waals surface area contributed by atoms with Crippen molar-refractivity contribution in [1.82, 2.24) is 25.4 Å². The number of hydrazine groups is 1. The van der Waals surface area contributed by atoms with E-state index in [-0.39, 0.29) is 30.7 Å². The molecule has 10 nitrogen and oxygen atoms in total. The molecule has 3 rings (SSSR count). The lowest BCUT2D eigenvalue weighted by Gasteiger charge is -2.38. The fourth-order valence-corrected chi connectivity index (χ4v) is 4.49. The number of amides is 2. The molecule has 34 heavy (non-hydrogen) atoms. The third kappa shape index (κ3) is 6.47. The molecule has 2 unspecified atom stereocenters. The number of alkyl halides is 2. The molecule has 0 bridgehead atoms. The minimum Gasteiger partial charge on any atom is -0.351 e. The predicted octanol–water partition coefficient (Wildman–Crippen LogP) is 2.18. The number of rotatable bonds is 10. The van der Waals surface area contributed by atoms with Gasteiger partial charge in [-0.15, -0.1) is 0 Å². The Morgan fingerprint density at radius 2 is 2.00 bits per heavy atom. The number of carbonyl (C=O) groups is 2. The van der Waals surface area contributed by atoms with E-state index in [1.165, 1.54) is 0 Å². The van der Waals surface area contributed by atoms with Crippen LogP contribution in [-0.4, -0.2) is 76.7 Å². The van der Waals surface area contributed by atoms with Crippen LogP contribution < -0.4 is 15.8 Å². The number of likely N-dealkylation sites (N-methyl/N-ethyl adjacent to an activating group) is 1. The highest BCUT2D eigenvalue weighted by Gasteiger charge is 2.30. The van der Waals surface area contributed by atoms with Crippen LogP contribution in [-0.2, 0) is 9.59 Å². The SMILES string of the molecule is CC1CN(c2nc(C(F)F)nc(NNC(=O)C(CC3CCCC3)CN(O)C=O)c2F)CCN1C. The Labute approximate surface area is 196 Å². The van der Waals surface area contributed by atoms with Crippen molar-refractivity contribution in [3.63, 3.8) is 0 Å². The molecule has 3 N–H and O–H groups in total. The average Bonchev–Trinajstić information content (AvgIpc) is 3.32. The lowest BCUT2D eigenvalue weighted by atomic mass is 9.92. The van der Waals surface area contributed by atoms with Crippen LogP contribution in [0.5, 0.6) is 0 Å². The molecular weight excluding hydrogens is 455 g/mol. The maximum absolute atomic E-state index is 15.2. The van der Waals surface area contributed by atoms with Crippen LogP contribution in [0.2, 0.25) is 0 Å². The summed E-state index contributed by atoms with van der Waals surface area (Å²) in [4.78, 5) is 34.6. The number of hydrogen-bond donors (Lipinski definition) is 3. The molecule has 2 aliphatic rings. The summed E-state index contributed by atoms with van der Waals surface area (Å²) >= 11 is 0. The highest BCUT2D eigenvalue weighted by molar-refractivity contribution is 5.80. The first-order chi connectivity index (χ1) is 16.2. The summed E-state index contributed by atoms with van der Waals surface area (Å²) < 4.78 is 42.1. The number of carbonyl (C=O) groups excluding carboxylic acids is 2. The highest BCUT2D eigenvalue weighted by atomic mass is 19.3. The van der Waals surface area contributed by atoms with Crippen molar-refractivity contribution in [2.45, 2.75) is 51.5 Å². The third-order valence-electron chi connectivity index (χ3n) is 6.60. The van der Waals surface area contributed by atoms with Crippen molar-refractivity contribution >= 4 is 24.0 Å². The van der Waals surface area contributed by atoms with Gasteiger partial charge in [0.25, 0.3) is 6.43 Å². The lowest BCUT2D eigenvalue weighted by molar-refractivity contribution is -0.154. The smallest absolute Gasteiger partial charge is 0.297 e. The number of anilines is 2. The number of aromatic nitrogens is 2. The maximum atomic E-state index is 15.2. The minimum absolute atomic E-state index is 0.0600. The van der Waals surface area contributed by atoms with Gasteiger partial charge in [-0.3, -0.25) is 25.6 Å². The summed E-state index contributed by atoms with van der Waals surface area (Å²) in [6, 6.07) is 0.0600. The van der Waals surface area contributed by atoms with Gasteiger partial charge in [0.1, 0.15) is 0 Å². The van der Waals surface area contributed by atoms with Gasteiger partial charge in [-0.25, -0.2) is 23.8 Å². The first-order valence-electron chi connectivity index (χ1n) is 11.5. The third-order valence-corrected chi connectivity index (χ3v) is 6.60. The summed E-state index contributed by atoms with van der Waals surface area (Å²) in [6.45, 7) is 3.08. The van der Waals surface area contributed by atoms with Gasteiger partial charge in [0.05, 0.1) is 12.5 Å². The Hall–Kier alpha value is -2.67. The van der Waals surface area contributed by atoms with Gasteiger partial charge in [0.15, 0.2) is 17.5 Å². The Bertz CT molecular complexity index is 857. The molecule has 2 fully saturated rings. The topological polar surface area (TPSA) is 114 Å². The number of nitrogens with zero attached hydrogens (tertiary/aromatic N) is 5. The molecule has 1 saturated carbocycles. The number of nitrogens with one attached hydrogen (secondary N) is 2. The fraction of sp³-hybridized carbons (Fsp3) is 0.714. The molecule has 1 aromatic heterocycles. The van der Waals surface area contributed by atoms with Gasteiger partial charge < -0.3 is 9.80 Å². The Morgan fingerprint density at radius 1 is 1.29 bits per heavy atom. The molecule has 2 heterocycles. The van der Waals surface area contributed by atoms with Crippen LogP contribution in [0, 0.1) is 17.7 Å². The van der Waals surface area contributed by atoms with Crippen LogP contribution in [0.1, 0.15) is 51.3 Å². The van der Waals surface area contributed by atoms with Gasteiger partial charge in [-0.1, -0.05) is 25.7 Å². The van der Waals surface area contributed by atoms with Crippen molar-refractivity contribution in [2.75, 3.05) is 43.6 Å². The summed E-state index contributed by atoms with van der Waals surface area (Å²) in [6.07, 6.45) is 1.56. The van der Waals surface area contributed by atoms with E-state index in [1.807, 2.05) is 14.0 Å². The van der Waals surface area contributed by atoms with E-state index >= 15 is 4.39 Å². The second kappa shape index (κ2) is 11.6. The van der Waals surface area contributed by atoms with E-state index in [9.17, 15) is 23.6 Å². The summed E-state index contributed by atoms with van der Waals surface area (Å²) in [7, 11) is 1.92. The van der Waals surface area contributed by atoms with E-state index < -0.39 is 35.7 Å². The maximum Gasteiger partial charge on any atom is 0.297 e. The Kier molecular flexibility index (Phi) is 8.89. The fourth-order valence-electron chi connectivity index (χ4n) is 4.49. The molecule has 2 amide bonds. The van der Waals surface area contributed by atoms with Crippen molar-refractivity contribution < 1.29 is 28.0 Å². The Balaban J connectivity index is 1.76. The van der Waals surface area contributed by atoms with E-state index in [1.54, 1.807) is 4.90 Å². The lowest BCUT2D eigenvalue weighted by Crippen LogP contribution is -2.50. The predicted molar refractivity (Wildman–Crippen MR) is 118 cm³/mol. The van der Waals surface area contributed by atoms with E-state index in [2.05, 4.69) is 25.7 Å². The molecule has 2 atom stereocenters. The number of halogens is 3. The van der Waals surface area contributed by atoms with Crippen LogP contribution in [0.15, 0.2) is 0 Å². The molecule has 190 valence electrons. The van der Waals surface area contributed by atoms with Crippen LogP contribution in [0.4, 0.5) is 24.8 Å². The van der Waals surface area contributed by atoms with Crippen molar-refractivity contribution in [2.24, 2.45) is 11.8 Å². The second-order valence-corrected chi connectivity index (χ2v) is 9.07. The monoisotopic (exact) mass is 487 g/mol. The molecule has 1 aliphatic heterocycles. The molecule has 1 aliphatic carbocycles.